The van der Waals surface area contributed by atoms with Crippen molar-refractivity contribution in [3.05, 3.63) is 12.7 Å². The van der Waals surface area contributed by atoms with E-state index in [-0.39, 0.29) is 0 Å². The van der Waals surface area contributed by atoms with Crippen molar-refractivity contribution in [2.75, 3.05) is 18.3 Å². The lowest BCUT2D eigenvalue weighted by atomic mass is 10.8. The van der Waals surface area contributed by atoms with E-state index in [0.717, 1.165) is 5.75 Å². The smallest absolute Gasteiger partial charge is 0.00719 e. The molecule has 0 N–H and O–H groups in total. The molecular weight excluding hydrogens is 128 g/mol. The van der Waals surface area contributed by atoms with Gasteiger partial charge in [0.2, 0.25) is 0 Å². The van der Waals surface area contributed by atoms with E-state index in [1.807, 2.05) is 6.08 Å². The second-order valence-electron chi connectivity index (χ2n) is 1.86. The van der Waals surface area contributed by atoms with E-state index in [1.165, 1.54) is 0 Å². The Morgan fingerprint density at radius 2 is 2.14 bits per heavy atom. The molecule has 2 heteroatoms. The molecule has 0 aliphatic heterocycles. The lowest BCUT2D eigenvalue weighted by Gasteiger charge is -2.17. The van der Waals surface area contributed by atoms with Crippen molar-refractivity contribution in [1.82, 2.24) is 0 Å². The van der Waals surface area contributed by atoms with Gasteiger partial charge in [-0.3, -0.25) is 0 Å². The average molecular weight is 139 g/mol. The maximum atomic E-state index is 5.85. The Balaban J connectivity index is 3.34. The van der Waals surface area contributed by atoms with Crippen LogP contribution in [0.4, 0.5) is 0 Å². The lowest BCUT2D eigenvalue weighted by Crippen LogP contribution is -1.86. The molecule has 0 bridgehead atoms. The van der Waals surface area contributed by atoms with Crippen LogP contribution in [0.1, 0.15) is 0 Å². The zero-order valence-electron chi connectivity index (χ0n) is 4.78. The van der Waals surface area contributed by atoms with Crippen molar-refractivity contribution in [3.8, 4) is 0 Å². The molecule has 0 aromatic heterocycles. The van der Waals surface area contributed by atoms with Crippen molar-refractivity contribution >= 4 is 19.9 Å². The number of rotatable bonds is 2. The minimum absolute atomic E-state index is 0.820. The second kappa shape index (κ2) is 2.63. The zero-order chi connectivity index (χ0) is 5.91. The predicted molar refractivity (Wildman–Crippen MR) is 40.4 cm³/mol. The summed E-state index contributed by atoms with van der Waals surface area (Å²) >= 11 is 0. The standard InChI is InChI=1S/C5H11ClS/c1-4-5-7(2,3)6/h4H,1,5H2,2-3H3. The maximum Gasteiger partial charge on any atom is 0.00719 e. The van der Waals surface area contributed by atoms with Crippen molar-refractivity contribution in [1.29, 1.82) is 0 Å². The summed E-state index contributed by atoms with van der Waals surface area (Å²) in [6.45, 7) is 3.58. The van der Waals surface area contributed by atoms with E-state index < -0.39 is 9.24 Å². The van der Waals surface area contributed by atoms with Gasteiger partial charge in [0.15, 0.2) is 0 Å². The zero-order valence-corrected chi connectivity index (χ0v) is 6.35. The molecule has 0 aliphatic carbocycles. The Hall–Kier alpha value is 0.380. The monoisotopic (exact) mass is 138 g/mol. The van der Waals surface area contributed by atoms with Gasteiger partial charge in [-0.15, -0.1) is 6.58 Å². The molecule has 0 atom stereocenters. The minimum atomic E-state index is -0.820. The van der Waals surface area contributed by atoms with Crippen LogP contribution in [-0.2, 0) is 0 Å². The van der Waals surface area contributed by atoms with Crippen molar-refractivity contribution in [2.24, 2.45) is 0 Å². The third-order valence-electron chi connectivity index (χ3n) is 0.514. The second-order valence-corrected chi connectivity index (χ2v) is 7.50. The summed E-state index contributed by atoms with van der Waals surface area (Å²) in [5.41, 5.74) is 0. The molecule has 0 rings (SSSR count). The molecule has 0 saturated heterocycles. The van der Waals surface area contributed by atoms with Gasteiger partial charge < -0.3 is 0 Å². The summed E-state index contributed by atoms with van der Waals surface area (Å²) in [7, 11) is 5.03. The van der Waals surface area contributed by atoms with Crippen LogP contribution in [0.25, 0.3) is 0 Å². The molecule has 0 radical (unpaired) electrons. The van der Waals surface area contributed by atoms with Crippen molar-refractivity contribution in [2.45, 2.75) is 0 Å². The predicted octanol–water partition coefficient (Wildman–Crippen LogP) is 2.39. The molecule has 0 amide bonds. The number of hydrogen-bond donors (Lipinski definition) is 0. The third-order valence-corrected chi connectivity index (χ3v) is 1.92. The van der Waals surface area contributed by atoms with Gasteiger partial charge in [0.05, 0.1) is 0 Å². The van der Waals surface area contributed by atoms with Gasteiger partial charge in [0, 0.05) is 5.75 Å². The van der Waals surface area contributed by atoms with E-state index in [0.29, 0.717) is 0 Å². The first-order valence-corrected chi connectivity index (χ1v) is 5.52. The van der Waals surface area contributed by atoms with Crippen LogP contribution in [0, 0.1) is 0 Å². The van der Waals surface area contributed by atoms with Gasteiger partial charge in [0.1, 0.15) is 0 Å². The largest absolute Gasteiger partial charge is 0.165 e. The van der Waals surface area contributed by atoms with Crippen LogP contribution in [0.3, 0.4) is 0 Å². The quantitative estimate of drug-likeness (QED) is 0.514. The average Bonchev–Trinajstić information content (AvgIpc) is 1.30. The Morgan fingerprint density at radius 1 is 1.71 bits per heavy atom. The van der Waals surface area contributed by atoms with Gasteiger partial charge in [-0.2, -0.15) is 9.24 Å². The first kappa shape index (κ1) is 7.38. The normalized spacial score (nSPS) is 13.6. The molecule has 0 aromatic rings. The van der Waals surface area contributed by atoms with E-state index in [4.69, 9.17) is 10.7 Å². The molecule has 44 valence electrons. The molecule has 0 heterocycles. The van der Waals surface area contributed by atoms with Crippen LogP contribution in [0.15, 0.2) is 12.7 Å². The summed E-state index contributed by atoms with van der Waals surface area (Å²) in [5.74, 6) is 0.953. The third kappa shape index (κ3) is 6.38. The molecule has 0 nitrogen and oxygen atoms in total. The van der Waals surface area contributed by atoms with E-state index in [2.05, 4.69) is 19.1 Å². The van der Waals surface area contributed by atoms with Crippen LogP contribution < -0.4 is 0 Å². The molecule has 0 aliphatic rings. The van der Waals surface area contributed by atoms with Crippen LogP contribution >= 0.6 is 19.9 Å². The fourth-order valence-corrected chi connectivity index (χ4v) is 1.11. The Bertz CT molecular complexity index is 63.0. The SMILES string of the molecule is C=CCS(C)(C)Cl. The number of hydrogen-bond acceptors (Lipinski definition) is 0. The summed E-state index contributed by atoms with van der Waals surface area (Å²) in [6, 6.07) is 0. The molecular formula is C5H11ClS. The van der Waals surface area contributed by atoms with Crippen molar-refractivity contribution in [3.63, 3.8) is 0 Å². The van der Waals surface area contributed by atoms with E-state index >= 15 is 0 Å². The summed E-state index contributed by atoms with van der Waals surface area (Å²) in [4.78, 5) is 0. The molecule has 0 fully saturated rings. The first-order chi connectivity index (χ1) is 3.06. The number of halogens is 1. The van der Waals surface area contributed by atoms with E-state index in [1.54, 1.807) is 0 Å². The fraction of sp³-hybridized carbons (Fsp3) is 0.600. The minimum Gasteiger partial charge on any atom is -0.165 e. The van der Waals surface area contributed by atoms with E-state index in [9.17, 15) is 0 Å². The van der Waals surface area contributed by atoms with Gasteiger partial charge >= 0.3 is 0 Å². The highest BCUT2D eigenvalue weighted by Gasteiger charge is 2.00. The summed E-state index contributed by atoms with van der Waals surface area (Å²) < 4.78 is 0. The first-order valence-electron chi connectivity index (χ1n) is 2.08. The fourth-order valence-electron chi connectivity index (χ4n) is 0.280. The molecule has 0 saturated carbocycles. The van der Waals surface area contributed by atoms with Gasteiger partial charge in [-0.25, -0.2) is 0 Å². The Labute approximate surface area is 51.4 Å². The summed E-state index contributed by atoms with van der Waals surface area (Å²) in [5, 5.41) is 0. The highest BCUT2D eigenvalue weighted by molar-refractivity contribution is 8.50. The van der Waals surface area contributed by atoms with Crippen LogP contribution in [-0.4, -0.2) is 18.3 Å². The molecule has 0 aromatic carbocycles. The molecule has 0 unspecified atom stereocenters. The van der Waals surface area contributed by atoms with Crippen molar-refractivity contribution < 1.29 is 0 Å². The molecule has 7 heavy (non-hydrogen) atoms. The van der Waals surface area contributed by atoms with Gasteiger partial charge in [0.25, 0.3) is 0 Å². The maximum absolute atomic E-state index is 5.85. The van der Waals surface area contributed by atoms with Crippen LogP contribution in [0.5, 0.6) is 0 Å². The Morgan fingerprint density at radius 3 is 2.14 bits per heavy atom. The highest BCUT2D eigenvalue weighted by atomic mass is 35.7. The lowest BCUT2D eigenvalue weighted by molar-refractivity contribution is 1.78. The Kier molecular flexibility index (Phi) is 2.77. The van der Waals surface area contributed by atoms with Gasteiger partial charge in [-0.1, -0.05) is 16.8 Å². The summed E-state index contributed by atoms with van der Waals surface area (Å²) in [6.07, 6.45) is 5.97. The molecule has 0 spiro atoms. The van der Waals surface area contributed by atoms with Crippen LogP contribution in [0.2, 0.25) is 0 Å². The van der Waals surface area contributed by atoms with Gasteiger partial charge in [-0.05, 0) is 12.5 Å². The topological polar surface area (TPSA) is 0 Å². The highest BCUT2D eigenvalue weighted by Crippen LogP contribution is 2.44.